The molecular formula is C47H34N2. The van der Waals surface area contributed by atoms with Gasteiger partial charge in [0, 0.05) is 38.6 Å². The first-order valence-electron chi connectivity index (χ1n) is 17.1. The van der Waals surface area contributed by atoms with E-state index < -0.39 is 0 Å². The van der Waals surface area contributed by atoms with Crippen LogP contribution in [0.3, 0.4) is 0 Å². The van der Waals surface area contributed by atoms with E-state index in [-0.39, 0.29) is 5.41 Å². The van der Waals surface area contributed by atoms with Gasteiger partial charge in [-0.1, -0.05) is 129 Å². The molecule has 0 aliphatic heterocycles. The standard InChI is InChI=1S/C47H34N2/c1-47(2)42-19-9-7-17-38(42)40-29-35(24-26-43(40)47)48(44-21-11-15-32-13-5-6-16-37(32)44)36-25-27-46-41(30-36)39-18-8-10-20-45(39)49(46)34-23-22-31-12-3-4-14-33(31)28-34/h3-30H,1-2H3. The Labute approximate surface area is 286 Å². The quantitative estimate of drug-likeness (QED) is 0.189. The van der Waals surface area contributed by atoms with Gasteiger partial charge in [-0.15, -0.1) is 0 Å². The van der Waals surface area contributed by atoms with Gasteiger partial charge >= 0.3 is 0 Å². The van der Waals surface area contributed by atoms with Gasteiger partial charge in [0.25, 0.3) is 0 Å². The lowest BCUT2D eigenvalue weighted by Gasteiger charge is -2.28. The lowest BCUT2D eigenvalue weighted by atomic mass is 9.82. The summed E-state index contributed by atoms with van der Waals surface area (Å²) in [5.41, 5.74) is 12.4. The van der Waals surface area contributed by atoms with Gasteiger partial charge in [0.1, 0.15) is 0 Å². The second-order valence-electron chi connectivity index (χ2n) is 13.8. The van der Waals surface area contributed by atoms with E-state index in [1.54, 1.807) is 0 Å². The SMILES string of the molecule is CC1(C)c2ccccc2-c2cc(N(c3ccc4c(c3)c3ccccc3n4-c3ccc4ccccc4c3)c3cccc4ccccc34)ccc21. The van der Waals surface area contributed by atoms with Gasteiger partial charge in [0.05, 0.1) is 16.7 Å². The van der Waals surface area contributed by atoms with Crippen molar-refractivity contribution in [2.24, 2.45) is 0 Å². The molecule has 49 heavy (non-hydrogen) atoms. The van der Waals surface area contributed by atoms with Crippen molar-refractivity contribution in [1.29, 1.82) is 0 Å². The van der Waals surface area contributed by atoms with E-state index in [9.17, 15) is 0 Å². The van der Waals surface area contributed by atoms with Crippen LogP contribution in [0.25, 0.3) is 60.2 Å². The van der Waals surface area contributed by atoms with Gasteiger partial charge < -0.3 is 9.47 Å². The molecule has 0 saturated carbocycles. The highest BCUT2D eigenvalue weighted by Gasteiger charge is 2.35. The molecule has 9 aromatic rings. The molecule has 0 unspecified atom stereocenters. The van der Waals surface area contributed by atoms with Crippen molar-refractivity contribution in [2.75, 3.05) is 4.90 Å². The smallest absolute Gasteiger partial charge is 0.0542 e. The molecule has 0 radical (unpaired) electrons. The van der Waals surface area contributed by atoms with E-state index in [0.717, 1.165) is 11.4 Å². The number of hydrogen-bond donors (Lipinski definition) is 0. The highest BCUT2D eigenvalue weighted by molar-refractivity contribution is 6.11. The maximum absolute atomic E-state index is 2.46. The van der Waals surface area contributed by atoms with E-state index in [1.807, 2.05) is 0 Å². The van der Waals surface area contributed by atoms with Crippen molar-refractivity contribution in [3.05, 3.63) is 181 Å². The summed E-state index contributed by atoms with van der Waals surface area (Å²) in [6.45, 7) is 4.69. The van der Waals surface area contributed by atoms with E-state index in [0.29, 0.717) is 0 Å². The lowest BCUT2D eigenvalue weighted by Crippen LogP contribution is -2.15. The average molecular weight is 627 g/mol. The number of rotatable bonds is 4. The highest BCUT2D eigenvalue weighted by Crippen LogP contribution is 2.51. The van der Waals surface area contributed by atoms with Gasteiger partial charge in [-0.25, -0.2) is 0 Å². The molecule has 0 amide bonds. The molecule has 10 rings (SSSR count). The van der Waals surface area contributed by atoms with E-state index in [4.69, 9.17) is 0 Å². The summed E-state index contributed by atoms with van der Waals surface area (Å²) in [4.78, 5) is 2.46. The third-order valence-electron chi connectivity index (χ3n) is 10.7. The molecule has 0 spiro atoms. The van der Waals surface area contributed by atoms with Crippen molar-refractivity contribution in [2.45, 2.75) is 19.3 Å². The fourth-order valence-electron chi connectivity index (χ4n) is 8.37. The largest absolute Gasteiger partial charge is 0.310 e. The van der Waals surface area contributed by atoms with Gasteiger partial charge in [0.15, 0.2) is 0 Å². The van der Waals surface area contributed by atoms with Crippen LogP contribution in [-0.4, -0.2) is 4.57 Å². The Morgan fingerprint density at radius 3 is 1.98 bits per heavy atom. The minimum Gasteiger partial charge on any atom is -0.310 e. The zero-order chi connectivity index (χ0) is 32.7. The van der Waals surface area contributed by atoms with Crippen molar-refractivity contribution in [1.82, 2.24) is 4.57 Å². The molecule has 0 saturated heterocycles. The maximum Gasteiger partial charge on any atom is 0.0542 e. The molecular weight excluding hydrogens is 593 g/mol. The van der Waals surface area contributed by atoms with Gasteiger partial charge in [-0.3, -0.25) is 0 Å². The molecule has 232 valence electrons. The number of hydrogen-bond acceptors (Lipinski definition) is 1. The molecule has 1 aliphatic carbocycles. The van der Waals surface area contributed by atoms with Crippen molar-refractivity contribution >= 4 is 60.4 Å². The fourth-order valence-corrected chi connectivity index (χ4v) is 8.37. The predicted molar refractivity (Wildman–Crippen MR) is 208 cm³/mol. The molecule has 0 fully saturated rings. The number of benzene rings is 8. The predicted octanol–water partition coefficient (Wildman–Crippen LogP) is 12.9. The molecule has 2 nitrogen and oxygen atoms in total. The summed E-state index contributed by atoms with van der Waals surface area (Å²) in [7, 11) is 0. The Bertz CT molecular complexity index is 2760. The average Bonchev–Trinajstić information content (AvgIpc) is 3.60. The second kappa shape index (κ2) is 10.4. The number of fused-ring (bicyclic) bond motifs is 8. The van der Waals surface area contributed by atoms with Crippen LogP contribution in [-0.2, 0) is 5.41 Å². The molecule has 1 aliphatic rings. The topological polar surface area (TPSA) is 8.17 Å². The summed E-state index contributed by atoms with van der Waals surface area (Å²) >= 11 is 0. The van der Waals surface area contributed by atoms with E-state index in [1.165, 1.54) is 77.0 Å². The summed E-state index contributed by atoms with van der Waals surface area (Å²) in [6, 6.07) is 62.5. The zero-order valence-corrected chi connectivity index (χ0v) is 27.6. The number of anilines is 3. The third kappa shape index (κ3) is 4.14. The summed E-state index contributed by atoms with van der Waals surface area (Å²) in [6.07, 6.45) is 0. The van der Waals surface area contributed by atoms with Crippen LogP contribution in [0.1, 0.15) is 25.0 Å². The first-order chi connectivity index (χ1) is 24.1. The fraction of sp³-hybridized carbons (Fsp3) is 0.0638. The van der Waals surface area contributed by atoms with Crippen molar-refractivity contribution in [3.8, 4) is 16.8 Å². The molecule has 1 aromatic heterocycles. The van der Waals surface area contributed by atoms with Gasteiger partial charge in [0.2, 0.25) is 0 Å². The monoisotopic (exact) mass is 626 g/mol. The summed E-state index contributed by atoms with van der Waals surface area (Å²) < 4.78 is 2.41. The lowest BCUT2D eigenvalue weighted by molar-refractivity contribution is 0.660. The van der Waals surface area contributed by atoms with Crippen LogP contribution in [0, 0.1) is 0 Å². The van der Waals surface area contributed by atoms with Crippen LogP contribution in [0.2, 0.25) is 0 Å². The maximum atomic E-state index is 2.46. The minimum absolute atomic E-state index is 0.0434. The number of nitrogens with zero attached hydrogens (tertiary/aromatic N) is 2. The Kier molecular flexibility index (Phi) is 5.95. The van der Waals surface area contributed by atoms with E-state index in [2.05, 4.69) is 193 Å². The third-order valence-corrected chi connectivity index (χ3v) is 10.7. The van der Waals surface area contributed by atoms with E-state index >= 15 is 0 Å². The highest BCUT2D eigenvalue weighted by atomic mass is 15.1. The first kappa shape index (κ1) is 27.9. The first-order valence-corrected chi connectivity index (χ1v) is 17.1. The van der Waals surface area contributed by atoms with Crippen molar-refractivity contribution in [3.63, 3.8) is 0 Å². The van der Waals surface area contributed by atoms with Crippen molar-refractivity contribution < 1.29 is 0 Å². The minimum atomic E-state index is -0.0434. The number of aromatic nitrogens is 1. The Hall–Kier alpha value is -6.12. The molecule has 0 N–H and O–H groups in total. The Balaban J connectivity index is 1.23. The summed E-state index contributed by atoms with van der Waals surface area (Å²) in [5, 5.41) is 7.43. The Morgan fingerprint density at radius 2 is 1.08 bits per heavy atom. The number of para-hydroxylation sites is 1. The van der Waals surface area contributed by atoms with Crippen LogP contribution >= 0.6 is 0 Å². The van der Waals surface area contributed by atoms with Crippen LogP contribution in [0.15, 0.2) is 170 Å². The molecule has 0 atom stereocenters. The van der Waals surface area contributed by atoms with Gasteiger partial charge in [-0.05, 0) is 93.0 Å². The Morgan fingerprint density at radius 1 is 0.429 bits per heavy atom. The van der Waals surface area contributed by atoms with Crippen LogP contribution in [0.5, 0.6) is 0 Å². The molecule has 0 bridgehead atoms. The molecule has 2 heteroatoms. The summed E-state index contributed by atoms with van der Waals surface area (Å²) in [5.74, 6) is 0. The molecule has 1 heterocycles. The van der Waals surface area contributed by atoms with Crippen LogP contribution in [0.4, 0.5) is 17.1 Å². The van der Waals surface area contributed by atoms with Crippen LogP contribution < -0.4 is 4.90 Å². The zero-order valence-electron chi connectivity index (χ0n) is 27.6. The normalized spacial score (nSPS) is 13.3. The van der Waals surface area contributed by atoms with Gasteiger partial charge in [-0.2, -0.15) is 0 Å². The molecule has 8 aromatic carbocycles. The second-order valence-corrected chi connectivity index (χ2v) is 13.8.